The summed E-state index contributed by atoms with van der Waals surface area (Å²) in [5, 5.41) is 3.70. The first-order valence-corrected chi connectivity index (χ1v) is 13.2. The lowest BCUT2D eigenvalue weighted by Gasteiger charge is -2.33. The van der Waals surface area contributed by atoms with Crippen LogP contribution in [0.3, 0.4) is 0 Å². The molecule has 2 aromatic heterocycles. The molecule has 1 aromatic carbocycles. The summed E-state index contributed by atoms with van der Waals surface area (Å²) in [6.45, 7) is 5.44. The van der Waals surface area contributed by atoms with Gasteiger partial charge in [0.05, 0.1) is 11.1 Å². The van der Waals surface area contributed by atoms with Gasteiger partial charge in [-0.05, 0) is 68.4 Å². The summed E-state index contributed by atoms with van der Waals surface area (Å²) in [4.78, 5) is 33.8. The standard InChI is InChI=1S/C28H31N3O3S/c1-18-7-5-8-19(2)25(18)34-21-12-15-31(16-13-21)28(33)24-22-10-3-4-11-23(22)35-27(24)30-26(32)20-9-6-14-29-17-20/h5-9,14,17,21H,3-4,10-13,15-16H2,1-2H3,(H,30,32). The fraction of sp³-hybridized carbons (Fsp3) is 0.393. The molecule has 35 heavy (non-hydrogen) atoms. The van der Waals surface area contributed by atoms with Crippen LogP contribution < -0.4 is 10.1 Å². The molecule has 1 aliphatic heterocycles. The maximum absolute atomic E-state index is 13.8. The van der Waals surface area contributed by atoms with Crippen molar-refractivity contribution in [3.8, 4) is 5.75 Å². The number of piperidine rings is 1. The molecule has 182 valence electrons. The molecule has 3 aromatic rings. The topological polar surface area (TPSA) is 71.5 Å². The van der Waals surface area contributed by atoms with Crippen LogP contribution in [0.1, 0.15) is 68.0 Å². The second kappa shape index (κ2) is 10.2. The molecule has 6 nitrogen and oxygen atoms in total. The van der Waals surface area contributed by atoms with Gasteiger partial charge in [0.1, 0.15) is 16.9 Å². The van der Waals surface area contributed by atoms with Crippen molar-refractivity contribution in [3.63, 3.8) is 0 Å². The highest BCUT2D eigenvalue weighted by atomic mass is 32.1. The van der Waals surface area contributed by atoms with Gasteiger partial charge in [-0.2, -0.15) is 0 Å². The van der Waals surface area contributed by atoms with Gasteiger partial charge < -0.3 is 15.0 Å². The molecule has 7 heteroatoms. The number of rotatable bonds is 5. The highest BCUT2D eigenvalue weighted by Crippen LogP contribution is 2.39. The smallest absolute Gasteiger partial charge is 0.257 e. The number of benzene rings is 1. The number of likely N-dealkylation sites (tertiary alicyclic amines) is 1. The predicted octanol–water partition coefficient (Wildman–Crippen LogP) is 5.57. The Balaban J connectivity index is 1.32. The van der Waals surface area contributed by atoms with Crippen LogP contribution >= 0.6 is 11.3 Å². The van der Waals surface area contributed by atoms with Gasteiger partial charge in [0.15, 0.2) is 0 Å². The van der Waals surface area contributed by atoms with Gasteiger partial charge in [-0.15, -0.1) is 11.3 Å². The number of anilines is 1. The minimum atomic E-state index is -0.230. The van der Waals surface area contributed by atoms with E-state index >= 15 is 0 Å². The third kappa shape index (κ3) is 4.96. The average Bonchev–Trinajstić information content (AvgIpc) is 3.24. The number of nitrogens with zero attached hydrogens (tertiary/aromatic N) is 2. The zero-order valence-corrected chi connectivity index (χ0v) is 21.1. The fourth-order valence-electron chi connectivity index (χ4n) is 5.04. The maximum atomic E-state index is 13.8. The number of aromatic nitrogens is 1. The number of fused-ring (bicyclic) bond motifs is 1. The van der Waals surface area contributed by atoms with Crippen LogP contribution in [-0.2, 0) is 12.8 Å². The zero-order valence-electron chi connectivity index (χ0n) is 20.3. The van der Waals surface area contributed by atoms with E-state index in [1.807, 2.05) is 11.0 Å². The van der Waals surface area contributed by atoms with Crippen LogP contribution in [0.4, 0.5) is 5.00 Å². The van der Waals surface area contributed by atoms with Crippen LogP contribution in [0, 0.1) is 13.8 Å². The number of carbonyl (C=O) groups is 2. The Morgan fingerprint density at radius 3 is 2.51 bits per heavy atom. The lowest BCUT2D eigenvalue weighted by atomic mass is 9.94. The van der Waals surface area contributed by atoms with E-state index in [0.29, 0.717) is 29.2 Å². The normalized spacial score (nSPS) is 16.0. The van der Waals surface area contributed by atoms with Gasteiger partial charge in [0.2, 0.25) is 0 Å². The zero-order chi connectivity index (χ0) is 24.4. The molecule has 0 radical (unpaired) electrons. The van der Waals surface area contributed by atoms with Crippen molar-refractivity contribution >= 4 is 28.2 Å². The van der Waals surface area contributed by atoms with Gasteiger partial charge in [-0.25, -0.2) is 0 Å². The van der Waals surface area contributed by atoms with E-state index < -0.39 is 0 Å². The van der Waals surface area contributed by atoms with Gasteiger partial charge in [-0.3, -0.25) is 14.6 Å². The van der Waals surface area contributed by atoms with Crippen LogP contribution in [0.25, 0.3) is 0 Å². The summed E-state index contributed by atoms with van der Waals surface area (Å²) in [7, 11) is 0. The number of aryl methyl sites for hydroxylation is 3. The number of ether oxygens (including phenoxy) is 1. The molecule has 1 saturated heterocycles. The summed E-state index contributed by atoms with van der Waals surface area (Å²) in [6.07, 6.45) is 8.93. The third-order valence-corrected chi connectivity index (χ3v) is 8.17. The lowest BCUT2D eigenvalue weighted by Crippen LogP contribution is -2.42. The van der Waals surface area contributed by atoms with Crippen LogP contribution in [-0.4, -0.2) is 40.9 Å². The summed E-state index contributed by atoms with van der Waals surface area (Å²) >= 11 is 1.56. The molecule has 2 amide bonds. The number of pyridine rings is 1. The van der Waals surface area contributed by atoms with E-state index in [1.165, 1.54) is 4.88 Å². The van der Waals surface area contributed by atoms with E-state index in [9.17, 15) is 9.59 Å². The molecular formula is C28H31N3O3S. The number of hydrogen-bond acceptors (Lipinski definition) is 5. The number of para-hydroxylation sites is 1. The van der Waals surface area contributed by atoms with Crippen LogP contribution in [0.2, 0.25) is 0 Å². The first-order chi connectivity index (χ1) is 17.0. The quantitative estimate of drug-likeness (QED) is 0.508. The lowest BCUT2D eigenvalue weighted by molar-refractivity contribution is 0.0593. The van der Waals surface area contributed by atoms with Crippen molar-refractivity contribution in [2.75, 3.05) is 18.4 Å². The summed E-state index contributed by atoms with van der Waals surface area (Å²) in [5.41, 5.74) is 4.59. The molecule has 0 unspecified atom stereocenters. The summed E-state index contributed by atoms with van der Waals surface area (Å²) < 4.78 is 6.35. The number of nitrogens with one attached hydrogen (secondary N) is 1. The Morgan fingerprint density at radius 1 is 1.06 bits per heavy atom. The Bertz CT molecular complexity index is 1210. The Kier molecular flexibility index (Phi) is 6.86. The van der Waals surface area contributed by atoms with Gasteiger partial charge in [0.25, 0.3) is 11.8 Å². The third-order valence-electron chi connectivity index (χ3n) is 6.96. The van der Waals surface area contributed by atoms with E-state index in [-0.39, 0.29) is 17.9 Å². The predicted molar refractivity (Wildman–Crippen MR) is 139 cm³/mol. The number of thiophene rings is 1. The Labute approximate surface area is 210 Å². The molecule has 0 spiro atoms. The molecule has 3 heterocycles. The molecule has 1 aliphatic carbocycles. The van der Waals surface area contributed by atoms with E-state index in [2.05, 4.69) is 36.3 Å². The molecule has 1 N–H and O–H groups in total. The largest absolute Gasteiger partial charge is 0.490 e. The average molecular weight is 490 g/mol. The first-order valence-electron chi connectivity index (χ1n) is 12.4. The van der Waals surface area contributed by atoms with E-state index in [4.69, 9.17) is 4.74 Å². The van der Waals surface area contributed by atoms with E-state index in [0.717, 1.165) is 61.0 Å². The molecular weight excluding hydrogens is 458 g/mol. The van der Waals surface area contributed by atoms with Crippen molar-refractivity contribution in [3.05, 3.63) is 75.4 Å². The molecule has 0 bridgehead atoms. The van der Waals surface area contributed by atoms with Crippen LogP contribution in [0.5, 0.6) is 5.75 Å². The molecule has 2 aliphatic rings. The van der Waals surface area contributed by atoms with Gasteiger partial charge >= 0.3 is 0 Å². The second-order valence-corrected chi connectivity index (χ2v) is 10.5. The van der Waals surface area contributed by atoms with Crippen molar-refractivity contribution in [1.82, 2.24) is 9.88 Å². The highest BCUT2D eigenvalue weighted by Gasteiger charge is 2.32. The van der Waals surface area contributed by atoms with Crippen molar-refractivity contribution < 1.29 is 14.3 Å². The minimum absolute atomic E-state index is 0.0245. The summed E-state index contributed by atoms with van der Waals surface area (Å²) in [5.74, 6) is 0.757. The number of carbonyl (C=O) groups excluding carboxylic acids is 2. The SMILES string of the molecule is Cc1cccc(C)c1OC1CCN(C(=O)c2c(NC(=O)c3cccnc3)sc3c2CCCC3)CC1. The molecule has 1 fully saturated rings. The summed E-state index contributed by atoms with van der Waals surface area (Å²) in [6, 6.07) is 9.67. The molecule has 5 rings (SSSR count). The number of amides is 2. The highest BCUT2D eigenvalue weighted by molar-refractivity contribution is 7.17. The van der Waals surface area contributed by atoms with Gasteiger partial charge in [-0.1, -0.05) is 18.2 Å². The van der Waals surface area contributed by atoms with Crippen LogP contribution in [0.15, 0.2) is 42.7 Å². The Morgan fingerprint density at radius 2 is 1.80 bits per heavy atom. The van der Waals surface area contributed by atoms with Crippen molar-refractivity contribution in [1.29, 1.82) is 0 Å². The fourth-order valence-corrected chi connectivity index (χ4v) is 6.32. The first kappa shape index (κ1) is 23.5. The molecule has 0 atom stereocenters. The van der Waals surface area contributed by atoms with Crippen molar-refractivity contribution in [2.45, 2.75) is 58.5 Å². The number of hydrogen-bond donors (Lipinski definition) is 1. The Hall–Kier alpha value is -3.19. The molecule has 0 saturated carbocycles. The monoisotopic (exact) mass is 489 g/mol. The van der Waals surface area contributed by atoms with Crippen molar-refractivity contribution in [2.24, 2.45) is 0 Å². The minimum Gasteiger partial charge on any atom is -0.490 e. The van der Waals surface area contributed by atoms with Gasteiger partial charge in [0, 0.05) is 43.2 Å². The van der Waals surface area contributed by atoms with E-state index in [1.54, 1.807) is 35.9 Å². The second-order valence-electron chi connectivity index (χ2n) is 9.44. The maximum Gasteiger partial charge on any atom is 0.257 e.